The van der Waals surface area contributed by atoms with Crippen LogP contribution in [-0.2, 0) is 0 Å². The lowest BCUT2D eigenvalue weighted by Gasteiger charge is -2.14. The number of benzene rings is 1. The van der Waals surface area contributed by atoms with E-state index in [1.165, 1.54) is 18.4 Å². The number of hydrogen-bond acceptors (Lipinski definition) is 2. The SMILES string of the molecule is CCCC(CS)COc1cccc(C)c1. The maximum Gasteiger partial charge on any atom is 0.119 e. The van der Waals surface area contributed by atoms with Gasteiger partial charge in [0.2, 0.25) is 0 Å². The second-order valence-electron chi connectivity index (χ2n) is 3.96. The van der Waals surface area contributed by atoms with Gasteiger partial charge in [-0.15, -0.1) is 0 Å². The molecule has 1 aromatic rings. The van der Waals surface area contributed by atoms with E-state index in [1.807, 2.05) is 12.1 Å². The first-order valence-corrected chi connectivity index (χ1v) is 6.19. The monoisotopic (exact) mass is 224 g/mol. The molecule has 0 N–H and O–H groups in total. The Labute approximate surface area is 98.3 Å². The van der Waals surface area contributed by atoms with Crippen molar-refractivity contribution in [3.8, 4) is 5.75 Å². The normalized spacial score (nSPS) is 12.5. The van der Waals surface area contributed by atoms with E-state index in [1.54, 1.807) is 0 Å². The molecule has 0 aliphatic carbocycles. The molecule has 0 saturated heterocycles. The summed E-state index contributed by atoms with van der Waals surface area (Å²) in [6.07, 6.45) is 2.39. The van der Waals surface area contributed by atoms with Gasteiger partial charge >= 0.3 is 0 Å². The van der Waals surface area contributed by atoms with E-state index in [4.69, 9.17) is 4.74 Å². The summed E-state index contributed by atoms with van der Waals surface area (Å²) in [5.74, 6) is 2.44. The molecular weight excluding hydrogens is 204 g/mol. The highest BCUT2D eigenvalue weighted by Gasteiger charge is 2.06. The molecule has 0 aromatic heterocycles. The number of rotatable bonds is 6. The summed E-state index contributed by atoms with van der Waals surface area (Å²) in [7, 11) is 0. The van der Waals surface area contributed by atoms with Gasteiger partial charge in [0.25, 0.3) is 0 Å². The lowest BCUT2D eigenvalue weighted by molar-refractivity contribution is 0.254. The molecule has 0 spiro atoms. The second-order valence-corrected chi connectivity index (χ2v) is 4.33. The highest BCUT2D eigenvalue weighted by molar-refractivity contribution is 7.80. The summed E-state index contributed by atoms with van der Waals surface area (Å²) in [4.78, 5) is 0. The van der Waals surface area contributed by atoms with Crippen LogP contribution in [0.25, 0.3) is 0 Å². The zero-order valence-corrected chi connectivity index (χ0v) is 10.5. The summed E-state index contributed by atoms with van der Waals surface area (Å²) in [5.41, 5.74) is 1.24. The van der Waals surface area contributed by atoms with Crippen LogP contribution in [0.2, 0.25) is 0 Å². The van der Waals surface area contributed by atoms with Crippen LogP contribution in [0.4, 0.5) is 0 Å². The van der Waals surface area contributed by atoms with Crippen LogP contribution in [0, 0.1) is 12.8 Å². The van der Waals surface area contributed by atoms with Gasteiger partial charge in [-0.1, -0.05) is 25.5 Å². The van der Waals surface area contributed by atoms with Crippen molar-refractivity contribution in [2.45, 2.75) is 26.7 Å². The average Bonchev–Trinajstić information content (AvgIpc) is 2.24. The smallest absolute Gasteiger partial charge is 0.119 e. The van der Waals surface area contributed by atoms with E-state index in [0.717, 1.165) is 18.1 Å². The molecule has 1 unspecified atom stereocenters. The Morgan fingerprint density at radius 3 is 2.80 bits per heavy atom. The Balaban J connectivity index is 2.41. The van der Waals surface area contributed by atoms with Gasteiger partial charge in [-0.05, 0) is 36.8 Å². The van der Waals surface area contributed by atoms with Crippen molar-refractivity contribution in [3.05, 3.63) is 29.8 Å². The lowest BCUT2D eigenvalue weighted by Crippen LogP contribution is -2.13. The molecular formula is C13H20OS. The minimum Gasteiger partial charge on any atom is -0.493 e. The zero-order valence-electron chi connectivity index (χ0n) is 9.57. The molecule has 0 saturated carbocycles. The molecule has 1 nitrogen and oxygen atoms in total. The summed E-state index contributed by atoms with van der Waals surface area (Å²) in [5, 5.41) is 0. The highest BCUT2D eigenvalue weighted by atomic mass is 32.1. The predicted octanol–water partition coefficient (Wildman–Crippen LogP) is 3.72. The maximum absolute atomic E-state index is 5.74. The standard InChI is InChI=1S/C13H20OS/c1-3-5-12(10-15)9-14-13-7-4-6-11(2)8-13/h4,6-8,12,15H,3,5,9-10H2,1-2H3. The van der Waals surface area contributed by atoms with Crippen LogP contribution in [0.5, 0.6) is 5.75 Å². The topological polar surface area (TPSA) is 9.23 Å². The van der Waals surface area contributed by atoms with Crippen LogP contribution in [-0.4, -0.2) is 12.4 Å². The molecule has 84 valence electrons. The minimum absolute atomic E-state index is 0.568. The van der Waals surface area contributed by atoms with Crippen molar-refractivity contribution in [2.75, 3.05) is 12.4 Å². The van der Waals surface area contributed by atoms with Crippen LogP contribution in [0.1, 0.15) is 25.3 Å². The fourth-order valence-corrected chi connectivity index (χ4v) is 1.84. The molecule has 0 aliphatic rings. The van der Waals surface area contributed by atoms with E-state index in [9.17, 15) is 0 Å². The molecule has 0 heterocycles. The van der Waals surface area contributed by atoms with Crippen molar-refractivity contribution in [2.24, 2.45) is 5.92 Å². The Morgan fingerprint density at radius 2 is 2.20 bits per heavy atom. The molecule has 0 bridgehead atoms. The first-order chi connectivity index (χ1) is 7.26. The molecule has 0 radical (unpaired) electrons. The maximum atomic E-state index is 5.74. The van der Waals surface area contributed by atoms with Gasteiger partial charge in [-0.3, -0.25) is 0 Å². The van der Waals surface area contributed by atoms with Crippen LogP contribution >= 0.6 is 12.6 Å². The van der Waals surface area contributed by atoms with Gasteiger partial charge in [0.1, 0.15) is 5.75 Å². The summed E-state index contributed by atoms with van der Waals surface area (Å²) >= 11 is 4.34. The first kappa shape index (κ1) is 12.4. The highest BCUT2D eigenvalue weighted by Crippen LogP contribution is 2.15. The number of thiol groups is 1. The number of aryl methyl sites for hydroxylation is 1. The summed E-state index contributed by atoms with van der Waals surface area (Å²) in [6.45, 7) is 5.05. The molecule has 2 heteroatoms. The van der Waals surface area contributed by atoms with Crippen molar-refractivity contribution >= 4 is 12.6 Å². The van der Waals surface area contributed by atoms with Gasteiger partial charge in [0.05, 0.1) is 6.61 Å². The van der Waals surface area contributed by atoms with Gasteiger partial charge in [-0.2, -0.15) is 12.6 Å². The van der Waals surface area contributed by atoms with Crippen molar-refractivity contribution < 1.29 is 4.74 Å². The third-order valence-electron chi connectivity index (χ3n) is 2.43. The molecule has 0 amide bonds. The zero-order chi connectivity index (χ0) is 11.1. The van der Waals surface area contributed by atoms with Gasteiger partial charge in [-0.25, -0.2) is 0 Å². The minimum atomic E-state index is 0.568. The van der Waals surface area contributed by atoms with Gasteiger partial charge in [0, 0.05) is 5.92 Å². The van der Waals surface area contributed by atoms with Crippen LogP contribution in [0.15, 0.2) is 24.3 Å². The molecule has 1 atom stereocenters. The Bertz CT molecular complexity index is 286. The van der Waals surface area contributed by atoms with E-state index in [-0.39, 0.29) is 0 Å². The third kappa shape index (κ3) is 4.61. The van der Waals surface area contributed by atoms with Crippen molar-refractivity contribution in [1.82, 2.24) is 0 Å². The second kappa shape index (κ2) is 6.78. The number of hydrogen-bond donors (Lipinski definition) is 1. The van der Waals surface area contributed by atoms with E-state index in [2.05, 4.69) is 38.6 Å². The van der Waals surface area contributed by atoms with E-state index in [0.29, 0.717) is 5.92 Å². The van der Waals surface area contributed by atoms with Crippen LogP contribution < -0.4 is 4.74 Å². The van der Waals surface area contributed by atoms with Crippen LogP contribution in [0.3, 0.4) is 0 Å². The first-order valence-electron chi connectivity index (χ1n) is 5.56. The predicted molar refractivity (Wildman–Crippen MR) is 68.9 cm³/mol. The summed E-state index contributed by atoms with van der Waals surface area (Å²) < 4.78 is 5.74. The average molecular weight is 224 g/mol. The number of ether oxygens (including phenoxy) is 1. The fraction of sp³-hybridized carbons (Fsp3) is 0.538. The van der Waals surface area contributed by atoms with E-state index < -0.39 is 0 Å². The van der Waals surface area contributed by atoms with Gasteiger partial charge < -0.3 is 4.74 Å². The molecule has 0 fully saturated rings. The van der Waals surface area contributed by atoms with E-state index >= 15 is 0 Å². The van der Waals surface area contributed by atoms with Crippen molar-refractivity contribution in [1.29, 1.82) is 0 Å². The quantitative estimate of drug-likeness (QED) is 0.725. The lowest BCUT2D eigenvalue weighted by atomic mass is 10.1. The Hall–Kier alpha value is -0.630. The van der Waals surface area contributed by atoms with Gasteiger partial charge in [0.15, 0.2) is 0 Å². The van der Waals surface area contributed by atoms with Crippen molar-refractivity contribution in [3.63, 3.8) is 0 Å². The largest absolute Gasteiger partial charge is 0.493 e. The Morgan fingerprint density at radius 1 is 1.40 bits per heavy atom. The molecule has 1 rings (SSSR count). The molecule has 1 aromatic carbocycles. The third-order valence-corrected chi connectivity index (χ3v) is 2.95. The Kier molecular flexibility index (Phi) is 5.62. The molecule has 0 aliphatic heterocycles. The summed E-state index contributed by atoms with van der Waals surface area (Å²) in [6, 6.07) is 8.19. The molecule has 15 heavy (non-hydrogen) atoms. The fourth-order valence-electron chi connectivity index (χ4n) is 1.55.